The van der Waals surface area contributed by atoms with Gasteiger partial charge in [-0.25, -0.2) is 0 Å². The number of rotatable bonds is 6. The molecule has 0 saturated carbocycles. The number of nitrogens with one attached hydrogen (secondary N) is 1. The predicted octanol–water partition coefficient (Wildman–Crippen LogP) is 3.02. The van der Waals surface area contributed by atoms with Crippen molar-refractivity contribution in [3.05, 3.63) is 28.2 Å². The molecule has 7 nitrogen and oxygen atoms in total. The van der Waals surface area contributed by atoms with Gasteiger partial charge in [0.1, 0.15) is 11.1 Å². The average Bonchev–Trinajstić information content (AvgIpc) is 2.97. The summed E-state index contributed by atoms with van der Waals surface area (Å²) in [6, 6.07) is 2.05. The summed E-state index contributed by atoms with van der Waals surface area (Å²) >= 11 is 1.07. The summed E-state index contributed by atoms with van der Waals surface area (Å²) in [5.74, 6) is -3.13. The molecule has 2 amide bonds. The second-order valence-electron chi connectivity index (χ2n) is 6.33. The van der Waals surface area contributed by atoms with Crippen LogP contribution in [0.1, 0.15) is 47.5 Å². The van der Waals surface area contributed by atoms with Crippen molar-refractivity contribution in [3.8, 4) is 6.07 Å². The molecule has 1 heterocycles. The third kappa shape index (κ3) is 4.19. The van der Waals surface area contributed by atoms with E-state index >= 15 is 0 Å². The number of nitrogens with zero attached hydrogens (tertiary/aromatic N) is 2. The molecule has 27 heavy (non-hydrogen) atoms. The quantitative estimate of drug-likeness (QED) is 0.727. The first-order valence-corrected chi connectivity index (χ1v) is 9.68. The minimum Gasteiger partial charge on any atom is -0.481 e. The topological polar surface area (TPSA) is 110 Å². The first-order valence-electron chi connectivity index (χ1n) is 8.87. The maximum atomic E-state index is 12.7. The van der Waals surface area contributed by atoms with Crippen LogP contribution in [0.2, 0.25) is 0 Å². The summed E-state index contributed by atoms with van der Waals surface area (Å²) in [5, 5.41) is 21.8. The molecule has 8 heteroatoms. The summed E-state index contributed by atoms with van der Waals surface area (Å²) in [7, 11) is 0. The molecule has 2 N–H and O–H groups in total. The van der Waals surface area contributed by atoms with Crippen LogP contribution in [0.5, 0.6) is 0 Å². The number of nitriles is 1. The van der Waals surface area contributed by atoms with Crippen LogP contribution in [0, 0.1) is 30.1 Å². The summed E-state index contributed by atoms with van der Waals surface area (Å²) in [6.45, 7) is 6.53. The fourth-order valence-corrected chi connectivity index (χ4v) is 4.30. The standard InChI is InChI=1S/C19H23N3O4S/c1-4-22(5-2)18(24)15-11(3)14(10-20)17(27-15)21-16(23)12-8-6-7-9-13(12)19(25)26/h6-7,12-13H,4-5,8-9H2,1-3H3,(H,21,23)(H,25,26)/t12-,13-/m1/s1. The Labute approximate surface area is 162 Å². The Hall–Kier alpha value is -2.66. The zero-order valence-electron chi connectivity index (χ0n) is 15.6. The van der Waals surface area contributed by atoms with E-state index in [1.54, 1.807) is 24.0 Å². The van der Waals surface area contributed by atoms with E-state index in [4.69, 9.17) is 0 Å². The molecule has 0 bridgehead atoms. The van der Waals surface area contributed by atoms with Gasteiger partial charge in [-0.3, -0.25) is 14.4 Å². The van der Waals surface area contributed by atoms with E-state index in [1.165, 1.54) is 0 Å². The molecule has 144 valence electrons. The summed E-state index contributed by atoms with van der Waals surface area (Å²) < 4.78 is 0. The lowest BCUT2D eigenvalue weighted by atomic mass is 9.82. The first-order chi connectivity index (χ1) is 12.8. The van der Waals surface area contributed by atoms with E-state index in [0.29, 0.717) is 41.4 Å². The van der Waals surface area contributed by atoms with Crippen molar-refractivity contribution in [3.63, 3.8) is 0 Å². The lowest BCUT2D eigenvalue weighted by molar-refractivity contribution is -0.146. The maximum Gasteiger partial charge on any atom is 0.307 e. The van der Waals surface area contributed by atoms with Gasteiger partial charge in [-0.2, -0.15) is 5.26 Å². The molecular weight excluding hydrogens is 366 g/mol. The van der Waals surface area contributed by atoms with Crippen molar-refractivity contribution >= 4 is 34.1 Å². The molecule has 1 aromatic rings. The predicted molar refractivity (Wildman–Crippen MR) is 103 cm³/mol. The summed E-state index contributed by atoms with van der Waals surface area (Å²) in [4.78, 5) is 38.8. The summed E-state index contributed by atoms with van der Waals surface area (Å²) in [5.41, 5.74) is 0.787. The Kier molecular flexibility index (Phi) is 6.75. The van der Waals surface area contributed by atoms with Crippen molar-refractivity contribution < 1.29 is 19.5 Å². The number of carbonyl (C=O) groups excluding carboxylic acids is 2. The highest BCUT2D eigenvalue weighted by atomic mass is 32.1. The van der Waals surface area contributed by atoms with Crippen LogP contribution in [0.4, 0.5) is 5.00 Å². The van der Waals surface area contributed by atoms with E-state index < -0.39 is 23.7 Å². The van der Waals surface area contributed by atoms with E-state index in [9.17, 15) is 24.8 Å². The highest BCUT2D eigenvalue weighted by Crippen LogP contribution is 2.35. The van der Waals surface area contributed by atoms with Crippen LogP contribution in [0.25, 0.3) is 0 Å². The van der Waals surface area contributed by atoms with Crippen LogP contribution in [0.3, 0.4) is 0 Å². The monoisotopic (exact) mass is 389 g/mol. The molecule has 0 fully saturated rings. The highest BCUT2D eigenvalue weighted by Gasteiger charge is 2.35. The van der Waals surface area contributed by atoms with Crippen LogP contribution in [-0.4, -0.2) is 40.9 Å². The molecule has 2 atom stereocenters. The first kappa shape index (κ1) is 20.6. The molecule has 0 unspecified atom stereocenters. The second-order valence-corrected chi connectivity index (χ2v) is 7.35. The third-order valence-corrected chi connectivity index (χ3v) is 6.02. The molecular formula is C19H23N3O4S. The van der Waals surface area contributed by atoms with Crippen LogP contribution in [0.15, 0.2) is 12.2 Å². The third-order valence-electron chi connectivity index (χ3n) is 4.83. The molecule has 2 rings (SSSR count). The van der Waals surface area contributed by atoms with Gasteiger partial charge in [-0.15, -0.1) is 11.3 Å². The fraction of sp³-hybridized carbons (Fsp3) is 0.474. The van der Waals surface area contributed by atoms with Crippen molar-refractivity contribution in [2.45, 2.75) is 33.6 Å². The molecule has 1 aromatic heterocycles. The number of carboxylic acid groups (broad SMARTS) is 1. The van der Waals surface area contributed by atoms with Gasteiger partial charge in [0.2, 0.25) is 5.91 Å². The van der Waals surface area contributed by atoms with Gasteiger partial charge in [0.05, 0.1) is 22.3 Å². The van der Waals surface area contributed by atoms with Gasteiger partial charge in [-0.05, 0) is 39.2 Å². The van der Waals surface area contributed by atoms with Gasteiger partial charge >= 0.3 is 5.97 Å². The zero-order valence-corrected chi connectivity index (χ0v) is 16.4. The van der Waals surface area contributed by atoms with Gasteiger partial charge in [0.25, 0.3) is 5.91 Å². The molecule has 0 saturated heterocycles. The Balaban J connectivity index is 2.31. The minimum absolute atomic E-state index is 0.177. The van der Waals surface area contributed by atoms with Gasteiger partial charge < -0.3 is 15.3 Å². The SMILES string of the molecule is CCN(CC)C(=O)c1sc(NC(=O)[C@@H]2CC=CC[C@H]2C(=O)O)c(C#N)c1C. The number of hydrogen-bond acceptors (Lipinski definition) is 5. The normalized spacial score (nSPS) is 18.6. The number of carbonyl (C=O) groups is 3. The zero-order chi connectivity index (χ0) is 20.1. The lowest BCUT2D eigenvalue weighted by Crippen LogP contribution is -2.34. The van der Waals surface area contributed by atoms with E-state index in [1.807, 2.05) is 13.8 Å². The van der Waals surface area contributed by atoms with E-state index in [2.05, 4.69) is 11.4 Å². The number of aliphatic carboxylic acids is 1. The van der Waals surface area contributed by atoms with Crippen molar-refractivity contribution in [2.24, 2.45) is 11.8 Å². The summed E-state index contributed by atoms with van der Waals surface area (Å²) in [6.07, 6.45) is 4.19. The van der Waals surface area contributed by atoms with Crippen molar-refractivity contribution in [1.29, 1.82) is 5.26 Å². The van der Waals surface area contributed by atoms with Crippen LogP contribution < -0.4 is 5.32 Å². The number of allylic oxidation sites excluding steroid dienone is 2. The van der Waals surface area contributed by atoms with Crippen molar-refractivity contribution in [1.82, 2.24) is 4.90 Å². The molecule has 0 radical (unpaired) electrons. The molecule has 0 aromatic carbocycles. The number of thiophene rings is 1. The van der Waals surface area contributed by atoms with Crippen molar-refractivity contribution in [2.75, 3.05) is 18.4 Å². The minimum atomic E-state index is -1.01. The Morgan fingerprint density at radius 2 is 1.85 bits per heavy atom. The maximum absolute atomic E-state index is 12.7. The van der Waals surface area contributed by atoms with E-state index in [-0.39, 0.29) is 11.5 Å². The van der Waals surface area contributed by atoms with Gasteiger partial charge in [-0.1, -0.05) is 12.2 Å². The molecule has 1 aliphatic carbocycles. The lowest BCUT2D eigenvalue weighted by Gasteiger charge is -2.23. The van der Waals surface area contributed by atoms with Crippen LogP contribution in [-0.2, 0) is 9.59 Å². The number of anilines is 1. The average molecular weight is 389 g/mol. The molecule has 0 aliphatic heterocycles. The number of hydrogen-bond donors (Lipinski definition) is 2. The van der Waals surface area contributed by atoms with Gasteiger partial charge in [0.15, 0.2) is 0 Å². The smallest absolute Gasteiger partial charge is 0.307 e. The Bertz CT molecular complexity index is 818. The Morgan fingerprint density at radius 3 is 2.37 bits per heavy atom. The van der Waals surface area contributed by atoms with E-state index in [0.717, 1.165) is 11.3 Å². The Morgan fingerprint density at radius 1 is 1.26 bits per heavy atom. The number of carboxylic acids is 1. The van der Waals surface area contributed by atoms with Gasteiger partial charge in [0, 0.05) is 13.1 Å². The van der Waals surface area contributed by atoms with Crippen LogP contribution >= 0.6 is 11.3 Å². The fourth-order valence-electron chi connectivity index (χ4n) is 3.18. The largest absolute Gasteiger partial charge is 0.481 e. The molecule has 0 spiro atoms. The second kappa shape index (κ2) is 8.82. The highest BCUT2D eigenvalue weighted by molar-refractivity contribution is 7.18. The molecule has 1 aliphatic rings. The number of amides is 2.